The van der Waals surface area contributed by atoms with Gasteiger partial charge in [0.25, 0.3) is 0 Å². The maximum absolute atomic E-state index is 11.8. The summed E-state index contributed by atoms with van der Waals surface area (Å²) in [5.41, 5.74) is 0. The molecule has 1 saturated heterocycles. The number of carbonyl (C=O) groups excluding carboxylic acids is 1. The first kappa shape index (κ1) is 18.0. The summed E-state index contributed by atoms with van der Waals surface area (Å²) in [6.07, 6.45) is -0.227. The molecule has 0 spiro atoms. The summed E-state index contributed by atoms with van der Waals surface area (Å²) >= 11 is 0. The standard InChI is InChI=1S/C14H28N2O4Si/c1-14(2,3)21(4,5)20-10-6-7-15-8-9-16(13(18)19)11-12(15)17/h6-11H2,1-5H3,(H,18,19). The molecule has 0 bridgehead atoms. The maximum atomic E-state index is 11.8. The van der Waals surface area contributed by atoms with Crippen LogP contribution in [0.25, 0.3) is 0 Å². The maximum Gasteiger partial charge on any atom is 0.407 e. The summed E-state index contributed by atoms with van der Waals surface area (Å²) in [4.78, 5) is 25.5. The largest absolute Gasteiger partial charge is 0.465 e. The molecule has 1 aliphatic rings. The normalized spacial score (nSPS) is 17.3. The highest BCUT2D eigenvalue weighted by Crippen LogP contribution is 2.36. The van der Waals surface area contributed by atoms with Gasteiger partial charge in [-0.1, -0.05) is 20.8 Å². The zero-order valence-corrected chi connectivity index (χ0v) is 14.8. The summed E-state index contributed by atoms with van der Waals surface area (Å²) < 4.78 is 6.08. The summed E-state index contributed by atoms with van der Waals surface area (Å²) in [5.74, 6) is -0.115. The van der Waals surface area contributed by atoms with E-state index in [4.69, 9.17) is 9.53 Å². The molecular formula is C14H28N2O4Si. The minimum atomic E-state index is -1.72. The first-order chi connectivity index (χ1) is 9.54. The number of amides is 2. The first-order valence-corrected chi connectivity index (χ1v) is 10.3. The van der Waals surface area contributed by atoms with Crippen molar-refractivity contribution in [3.63, 3.8) is 0 Å². The highest BCUT2D eigenvalue weighted by Gasteiger charge is 2.37. The summed E-state index contributed by atoms with van der Waals surface area (Å²) in [7, 11) is -1.72. The fourth-order valence-corrected chi connectivity index (χ4v) is 3.00. The van der Waals surface area contributed by atoms with Gasteiger partial charge in [0.05, 0.1) is 0 Å². The fourth-order valence-electron chi connectivity index (χ4n) is 1.91. The van der Waals surface area contributed by atoms with Crippen molar-refractivity contribution in [2.75, 3.05) is 32.8 Å². The molecule has 0 aromatic carbocycles. The van der Waals surface area contributed by atoms with Gasteiger partial charge >= 0.3 is 6.09 Å². The smallest absolute Gasteiger partial charge is 0.407 e. The van der Waals surface area contributed by atoms with Gasteiger partial charge in [-0.2, -0.15) is 0 Å². The van der Waals surface area contributed by atoms with E-state index in [1.807, 2.05) is 0 Å². The molecule has 0 aliphatic carbocycles. The highest BCUT2D eigenvalue weighted by atomic mass is 28.4. The van der Waals surface area contributed by atoms with E-state index in [1.54, 1.807) is 4.90 Å². The second kappa shape index (κ2) is 6.78. The van der Waals surface area contributed by atoms with Crippen LogP contribution in [0.1, 0.15) is 27.2 Å². The molecule has 7 heteroatoms. The molecule has 1 heterocycles. The number of hydrogen-bond donors (Lipinski definition) is 1. The van der Waals surface area contributed by atoms with Gasteiger partial charge in [0.15, 0.2) is 8.32 Å². The second-order valence-corrected chi connectivity index (χ2v) is 11.9. The van der Waals surface area contributed by atoms with Gasteiger partial charge in [-0.05, 0) is 24.6 Å². The first-order valence-electron chi connectivity index (χ1n) is 7.44. The van der Waals surface area contributed by atoms with E-state index in [2.05, 4.69) is 33.9 Å². The molecule has 122 valence electrons. The number of carboxylic acid groups (broad SMARTS) is 1. The minimum absolute atomic E-state index is 0.0293. The number of carbonyl (C=O) groups is 2. The van der Waals surface area contributed by atoms with Crippen LogP contribution < -0.4 is 0 Å². The van der Waals surface area contributed by atoms with Crippen LogP contribution in [0.15, 0.2) is 0 Å². The number of nitrogens with zero attached hydrogens (tertiary/aromatic N) is 2. The van der Waals surface area contributed by atoms with Gasteiger partial charge in [0, 0.05) is 26.2 Å². The molecule has 0 unspecified atom stereocenters. The molecule has 21 heavy (non-hydrogen) atoms. The van der Waals surface area contributed by atoms with Crippen molar-refractivity contribution in [3.05, 3.63) is 0 Å². The van der Waals surface area contributed by atoms with Crippen molar-refractivity contribution in [1.29, 1.82) is 0 Å². The third-order valence-electron chi connectivity index (χ3n) is 4.43. The van der Waals surface area contributed by atoms with Crippen molar-refractivity contribution in [1.82, 2.24) is 9.80 Å². The van der Waals surface area contributed by atoms with Crippen LogP contribution in [0.2, 0.25) is 18.1 Å². The second-order valence-electron chi connectivity index (χ2n) is 7.05. The molecule has 0 aromatic rings. The van der Waals surface area contributed by atoms with Crippen LogP contribution in [0.4, 0.5) is 4.79 Å². The summed E-state index contributed by atoms with van der Waals surface area (Å²) in [5, 5.41) is 9.05. The van der Waals surface area contributed by atoms with Crippen LogP contribution in [0, 0.1) is 0 Å². The molecule has 1 rings (SSSR count). The number of hydrogen-bond acceptors (Lipinski definition) is 3. The van der Waals surface area contributed by atoms with E-state index in [0.29, 0.717) is 26.2 Å². The molecule has 0 saturated carbocycles. The van der Waals surface area contributed by atoms with Crippen LogP contribution in [-0.4, -0.2) is 68.0 Å². The molecule has 1 N–H and O–H groups in total. The van der Waals surface area contributed by atoms with Crippen LogP contribution in [-0.2, 0) is 9.22 Å². The van der Waals surface area contributed by atoms with Crippen LogP contribution in [0.3, 0.4) is 0 Å². The lowest BCUT2D eigenvalue weighted by Gasteiger charge is -2.37. The Hall–Kier alpha value is -1.08. The summed E-state index contributed by atoms with van der Waals surface area (Å²) in [6.45, 7) is 13.2. The van der Waals surface area contributed by atoms with Crippen LogP contribution in [0.5, 0.6) is 0 Å². The third kappa shape index (κ3) is 5.00. The zero-order chi connectivity index (χ0) is 16.3. The Morgan fingerprint density at radius 2 is 1.95 bits per heavy atom. The monoisotopic (exact) mass is 316 g/mol. The van der Waals surface area contributed by atoms with E-state index in [9.17, 15) is 9.59 Å². The number of piperazine rings is 1. The molecule has 1 fully saturated rings. The predicted octanol–water partition coefficient (Wildman–Crippen LogP) is 2.22. The molecule has 1 aliphatic heterocycles. The zero-order valence-electron chi connectivity index (χ0n) is 13.8. The Bertz CT molecular complexity index is 393. The van der Waals surface area contributed by atoms with Crippen molar-refractivity contribution in [2.45, 2.75) is 45.3 Å². The van der Waals surface area contributed by atoms with Crippen LogP contribution >= 0.6 is 0 Å². The van der Waals surface area contributed by atoms with Gasteiger partial charge in [-0.15, -0.1) is 0 Å². The average Bonchev–Trinajstić information content (AvgIpc) is 2.34. The van der Waals surface area contributed by atoms with E-state index < -0.39 is 14.4 Å². The third-order valence-corrected chi connectivity index (χ3v) is 8.97. The molecule has 0 radical (unpaired) electrons. The molecule has 2 amide bonds. The van der Waals surface area contributed by atoms with Crippen molar-refractivity contribution in [2.24, 2.45) is 0 Å². The Morgan fingerprint density at radius 1 is 1.33 bits per heavy atom. The van der Waals surface area contributed by atoms with Gasteiger partial charge in [-0.3, -0.25) is 9.69 Å². The van der Waals surface area contributed by atoms with E-state index >= 15 is 0 Å². The van der Waals surface area contributed by atoms with E-state index in [0.717, 1.165) is 11.3 Å². The van der Waals surface area contributed by atoms with Crippen molar-refractivity contribution in [3.8, 4) is 0 Å². The Balaban J connectivity index is 2.31. The van der Waals surface area contributed by atoms with Crippen molar-refractivity contribution < 1.29 is 19.1 Å². The molecular weight excluding hydrogens is 288 g/mol. The SMILES string of the molecule is CC(C)(C)[Si](C)(C)OCCCN1CCN(C(=O)O)CC1=O. The van der Waals surface area contributed by atoms with Gasteiger partial charge in [0.1, 0.15) is 6.54 Å². The number of rotatable bonds is 5. The Labute approximate surface area is 128 Å². The molecule has 0 aromatic heterocycles. The lowest BCUT2D eigenvalue weighted by molar-refractivity contribution is -0.135. The van der Waals surface area contributed by atoms with Gasteiger partial charge in [0.2, 0.25) is 5.91 Å². The Kier molecular flexibility index (Phi) is 5.80. The quantitative estimate of drug-likeness (QED) is 0.624. The van der Waals surface area contributed by atoms with E-state index in [-0.39, 0.29) is 17.5 Å². The minimum Gasteiger partial charge on any atom is -0.465 e. The van der Waals surface area contributed by atoms with Gasteiger partial charge in [-0.25, -0.2) is 4.79 Å². The van der Waals surface area contributed by atoms with Crippen molar-refractivity contribution >= 4 is 20.3 Å². The highest BCUT2D eigenvalue weighted by molar-refractivity contribution is 6.74. The fraction of sp³-hybridized carbons (Fsp3) is 0.857. The predicted molar refractivity (Wildman–Crippen MR) is 83.9 cm³/mol. The molecule has 0 atom stereocenters. The lowest BCUT2D eigenvalue weighted by Crippen LogP contribution is -2.52. The van der Waals surface area contributed by atoms with Gasteiger partial charge < -0.3 is 14.4 Å². The Morgan fingerprint density at radius 3 is 2.43 bits per heavy atom. The summed E-state index contributed by atoms with van der Waals surface area (Å²) in [6, 6.07) is 0. The average molecular weight is 316 g/mol. The molecule has 6 nitrogen and oxygen atoms in total. The van der Waals surface area contributed by atoms with E-state index in [1.165, 1.54) is 0 Å². The topological polar surface area (TPSA) is 70.1 Å². The lowest BCUT2D eigenvalue weighted by atomic mass is 10.2.